The summed E-state index contributed by atoms with van der Waals surface area (Å²) in [6.07, 6.45) is 3.71. The number of nitro benzene ring substituents is 1. The van der Waals surface area contributed by atoms with E-state index < -0.39 is 14.9 Å². The highest BCUT2D eigenvalue weighted by Crippen LogP contribution is 2.38. The van der Waals surface area contributed by atoms with Gasteiger partial charge in [0.05, 0.1) is 33.3 Å². The van der Waals surface area contributed by atoms with Crippen molar-refractivity contribution in [3.05, 3.63) is 82.2 Å². The first-order chi connectivity index (χ1) is 13.9. The van der Waals surface area contributed by atoms with E-state index in [0.29, 0.717) is 17.7 Å². The zero-order chi connectivity index (χ0) is 20.6. The summed E-state index contributed by atoms with van der Waals surface area (Å²) in [6, 6.07) is 13.9. The molecule has 144 valence electrons. The van der Waals surface area contributed by atoms with Gasteiger partial charge >= 0.3 is 0 Å². The van der Waals surface area contributed by atoms with Gasteiger partial charge in [-0.1, -0.05) is 12.1 Å². The first-order valence-electron chi connectivity index (χ1n) is 8.66. The summed E-state index contributed by atoms with van der Waals surface area (Å²) in [5, 5.41) is 19.8. The van der Waals surface area contributed by atoms with Crippen molar-refractivity contribution in [1.29, 1.82) is 5.26 Å². The summed E-state index contributed by atoms with van der Waals surface area (Å²) in [5.41, 5.74) is 3.38. The lowest BCUT2D eigenvalue weighted by atomic mass is 9.99. The van der Waals surface area contributed by atoms with Crippen LogP contribution in [0.25, 0.3) is 11.1 Å². The number of rotatable bonds is 4. The lowest BCUT2D eigenvalue weighted by Gasteiger charge is -2.19. The SMILES string of the molecule is N#Cc1ccc(-c2cncc3c2CCN3S(=O)(=O)c2ccc([N+](=O)[O-])cc2)cc1. The molecule has 2 heterocycles. The third-order valence-electron chi connectivity index (χ3n) is 4.83. The molecule has 0 aliphatic carbocycles. The van der Waals surface area contributed by atoms with Crippen LogP contribution in [0.5, 0.6) is 0 Å². The summed E-state index contributed by atoms with van der Waals surface area (Å²) in [5.74, 6) is 0. The number of non-ortho nitro benzene ring substituents is 1. The fraction of sp³-hybridized carbons (Fsp3) is 0.100. The van der Waals surface area contributed by atoms with Crippen LogP contribution in [0.4, 0.5) is 11.4 Å². The van der Waals surface area contributed by atoms with Crippen molar-refractivity contribution in [3.8, 4) is 17.2 Å². The maximum absolute atomic E-state index is 13.1. The summed E-state index contributed by atoms with van der Waals surface area (Å²) < 4.78 is 27.5. The second kappa shape index (κ2) is 7.00. The van der Waals surface area contributed by atoms with Gasteiger partial charge < -0.3 is 0 Å². The Morgan fingerprint density at radius 3 is 2.38 bits per heavy atom. The van der Waals surface area contributed by atoms with Crippen molar-refractivity contribution >= 4 is 21.4 Å². The summed E-state index contributed by atoms with van der Waals surface area (Å²) in [4.78, 5) is 14.4. The Hall–Kier alpha value is -3.77. The number of hydrogen-bond acceptors (Lipinski definition) is 6. The molecule has 1 aromatic heterocycles. The lowest BCUT2D eigenvalue weighted by Crippen LogP contribution is -2.29. The molecule has 0 saturated carbocycles. The molecule has 0 radical (unpaired) electrons. The fourth-order valence-corrected chi connectivity index (χ4v) is 4.86. The van der Waals surface area contributed by atoms with Crippen molar-refractivity contribution in [1.82, 2.24) is 4.98 Å². The van der Waals surface area contributed by atoms with Gasteiger partial charge in [-0.2, -0.15) is 5.26 Å². The number of nitriles is 1. The largest absolute Gasteiger partial charge is 0.269 e. The molecule has 3 aromatic rings. The topological polar surface area (TPSA) is 117 Å². The van der Waals surface area contributed by atoms with Crippen LogP contribution in [0.1, 0.15) is 11.1 Å². The highest BCUT2D eigenvalue weighted by atomic mass is 32.2. The van der Waals surface area contributed by atoms with Crippen LogP contribution in [0.3, 0.4) is 0 Å². The average Bonchev–Trinajstić information content (AvgIpc) is 3.19. The summed E-state index contributed by atoms with van der Waals surface area (Å²) in [6.45, 7) is 0.254. The Labute approximate surface area is 166 Å². The minimum Gasteiger partial charge on any atom is -0.264 e. The number of hydrogen-bond donors (Lipinski definition) is 0. The third kappa shape index (κ3) is 3.19. The van der Waals surface area contributed by atoms with E-state index in [4.69, 9.17) is 5.26 Å². The van der Waals surface area contributed by atoms with E-state index in [1.807, 2.05) is 12.1 Å². The first kappa shape index (κ1) is 18.6. The molecule has 1 aliphatic rings. The number of benzene rings is 2. The van der Waals surface area contributed by atoms with Crippen molar-refractivity contribution in [2.24, 2.45) is 0 Å². The first-order valence-corrected chi connectivity index (χ1v) is 10.1. The van der Waals surface area contributed by atoms with Gasteiger partial charge in [0.15, 0.2) is 0 Å². The highest BCUT2D eigenvalue weighted by Gasteiger charge is 2.33. The Balaban J connectivity index is 1.73. The second-order valence-corrected chi connectivity index (χ2v) is 8.31. The van der Waals surface area contributed by atoms with Gasteiger partial charge in [-0.15, -0.1) is 0 Å². The van der Waals surface area contributed by atoms with Crippen LogP contribution in [-0.4, -0.2) is 24.9 Å². The lowest BCUT2D eigenvalue weighted by molar-refractivity contribution is -0.384. The number of aromatic nitrogens is 1. The minimum absolute atomic E-state index is 0.0141. The third-order valence-corrected chi connectivity index (χ3v) is 6.66. The number of nitro groups is 1. The molecule has 0 bridgehead atoms. The predicted molar refractivity (Wildman–Crippen MR) is 106 cm³/mol. The second-order valence-electron chi connectivity index (χ2n) is 6.45. The average molecular weight is 406 g/mol. The van der Waals surface area contributed by atoms with Crippen LogP contribution in [0.2, 0.25) is 0 Å². The quantitative estimate of drug-likeness (QED) is 0.485. The van der Waals surface area contributed by atoms with Crippen molar-refractivity contribution in [3.63, 3.8) is 0 Å². The molecule has 0 unspecified atom stereocenters. The molecular formula is C20H14N4O4S. The van der Waals surface area contributed by atoms with Gasteiger partial charge in [0.2, 0.25) is 0 Å². The van der Waals surface area contributed by atoms with E-state index in [-0.39, 0.29) is 17.1 Å². The summed E-state index contributed by atoms with van der Waals surface area (Å²) >= 11 is 0. The molecular weight excluding hydrogens is 392 g/mol. The maximum Gasteiger partial charge on any atom is 0.269 e. The number of fused-ring (bicyclic) bond motifs is 1. The Morgan fingerprint density at radius 1 is 1.07 bits per heavy atom. The van der Waals surface area contributed by atoms with E-state index in [2.05, 4.69) is 11.1 Å². The van der Waals surface area contributed by atoms with Crippen molar-refractivity contribution in [2.45, 2.75) is 11.3 Å². The van der Waals surface area contributed by atoms with Gasteiger partial charge in [0, 0.05) is 30.4 Å². The molecule has 9 heteroatoms. The molecule has 29 heavy (non-hydrogen) atoms. The van der Waals surface area contributed by atoms with Gasteiger partial charge in [0.1, 0.15) is 0 Å². The van der Waals surface area contributed by atoms with E-state index in [9.17, 15) is 18.5 Å². The molecule has 0 saturated heterocycles. The Kier molecular flexibility index (Phi) is 4.48. The number of nitrogens with zero attached hydrogens (tertiary/aromatic N) is 4. The smallest absolute Gasteiger partial charge is 0.264 e. The Morgan fingerprint density at radius 2 is 1.76 bits per heavy atom. The van der Waals surface area contributed by atoms with Crippen LogP contribution in [0.15, 0.2) is 65.8 Å². The molecule has 0 atom stereocenters. The number of anilines is 1. The van der Waals surface area contributed by atoms with E-state index in [1.54, 1.807) is 18.3 Å². The molecule has 2 aromatic carbocycles. The summed E-state index contributed by atoms with van der Waals surface area (Å²) in [7, 11) is -3.88. The van der Waals surface area contributed by atoms with Crippen LogP contribution in [0, 0.1) is 21.4 Å². The van der Waals surface area contributed by atoms with Gasteiger partial charge in [-0.3, -0.25) is 19.4 Å². The molecule has 0 amide bonds. The number of sulfonamides is 1. The molecule has 1 aliphatic heterocycles. The van der Waals surface area contributed by atoms with Gasteiger partial charge in [-0.25, -0.2) is 8.42 Å². The zero-order valence-electron chi connectivity index (χ0n) is 15.0. The van der Waals surface area contributed by atoms with Crippen molar-refractivity contribution in [2.75, 3.05) is 10.8 Å². The molecule has 0 N–H and O–H groups in total. The standard InChI is InChI=1S/C20H14N4O4S/c21-11-14-1-3-15(4-2-14)19-12-22-13-20-18(19)9-10-23(20)29(27,28)17-7-5-16(6-8-17)24(25)26/h1-8,12-13H,9-10H2. The van der Waals surface area contributed by atoms with Gasteiger partial charge in [-0.05, 0) is 41.8 Å². The number of pyridine rings is 1. The molecule has 0 spiro atoms. The predicted octanol–water partition coefficient (Wildman–Crippen LogP) is 3.28. The van der Waals surface area contributed by atoms with E-state index in [0.717, 1.165) is 16.7 Å². The Bertz CT molecular complexity index is 1250. The monoisotopic (exact) mass is 406 g/mol. The zero-order valence-corrected chi connectivity index (χ0v) is 15.8. The maximum atomic E-state index is 13.1. The van der Waals surface area contributed by atoms with Crippen LogP contribution in [-0.2, 0) is 16.4 Å². The normalized spacial score (nSPS) is 13.0. The van der Waals surface area contributed by atoms with Crippen LogP contribution < -0.4 is 4.31 Å². The highest BCUT2D eigenvalue weighted by molar-refractivity contribution is 7.92. The van der Waals surface area contributed by atoms with Crippen molar-refractivity contribution < 1.29 is 13.3 Å². The molecule has 8 nitrogen and oxygen atoms in total. The molecule has 4 rings (SSSR count). The fourth-order valence-electron chi connectivity index (χ4n) is 3.38. The minimum atomic E-state index is -3.88. The van der Waals surface area contributed by atoms with E-state index >= 15 is 0 Å². The van der Waals surface area contributed by atoms with Crippen LogP contribution >= 0.6 is 0 Å². The molecule has 0 fully saturated rings. The van der Waals surface area contributed by atoms with E-state index in [1.165, 1.54) is 34.8 Å². The van der Waals surface area contributed by atoms with Gasteiger partial charge in [0.25, 0.3) is 15.7 Å².